The smallest absolute Gasteiger partial charge is 0.305 e. The van der Waals surface area contributed by atoms with Gasteiger partial charge in [0.05, 0.1) is 0 Å². The average Bonchev–Trinajstić information content (AvgIpc) is 3.48. The number of nitrogens with zero attached hydrogens (tertiary/aromatic N) is 1. The second-order valence-corrected chi connectivity index (χ2v) is 10.9. The molecule has 0 unspecified atom stereocenters. The maximum absolute atomic E-state index is 13.1. The Balaban J connectivity index is 1.44. The average molecular weight is 438 g/mol. The number of fused-ring (bicyclic) bond motifs is 2. The predicted octanol–water partition coefficient (Wildman–Crippen LogP) is 5.33. The molecule has 0 aliphatic heterocycles. The lowest BCUT2D eigenvalue weighted by molar-refractivity contribution is 0.260. The first-order valence-corrected chi connectivity index (χ1v) is 12.6. The van der Waals surface area contributed by atoms with Gasteiger partial charge in [-0.2, -0.15) is 0 Å². The van der Waals surface area contributed by atoms with Gasteiger partial charge in [-0.1, -0.05) is 36.4 Å². The number of hydrogen-bond acceptors (Lipinski definition) is 3. The highest BCUT2D eigenvalue weighted by Gasteiger charge is 2.25. The molecule has 7 heteroatoms. The van der Waals surface area contributed by atoms with E-state index in [1.807, 2.05) is 36.4 Å². The van der Waals surface area contributed by atoms with Gasteiger partial charge in [0.15, 0.2) is 9.92 Å². The Morgan fingerprint density at radius 3 is 2.30 bits per heavy atom. The van der Waals surface area contributed by atoms with Crippen molar-refractivity contribution < 1.29 is 9.00 Å². The fraction of sp³-hybridized carbons (Fsp3) is 0.261. The Labute approximate surface area is 180 Å². The van der Waals surface area contributed by atoms with Crippen molar-refractivity contribution in [3.63, 3.8) is 0 Å². The molecule has 0 saturated carbocycles. The largest absolute Gasteiger partial charge is 0.354 e. The van der Waals surface area contributed by atoms with Gasteiger partial charge < -0.3 is 5.32 Å². The second kappa shape index (κ2) is 7.65. The predicted molar refractivity (Wildman–Crippen MR) is 122 cm³/mol. The molecule has 2 aliphatic rings. The summed E-state index contributed by atoms with van der Waals surface area (Å²) in [6, 6.07) is 15.0. The number of urea groups is 1. The number of amides is 2. The molecule has 0 radical (unpaired) electrons. The highest BCUT2D eigenvalue weighted by atomic mass is 32.2. The van der Waals surface area contributed by atoms with Crippen LogP contribution >= 0.6 is 11.3 Å². The van der Waals surface area contributed by atoms with Crippen LogP contribution in [0.2, 0.25) is 0 Å². The first kappa shape index (κ1) is 19.5. The summed E-state index contributed by atoms with van der Waals surface area (Å²) in [5.74, 6) is 0. The summed E-state index contributed by atoms with van der Waals surface area (Å²) in [6.07, 6.45) is 6.22. The van der Waals surface area contributed by atoms with E-state index in [1.165, 1.54) is 33.6 Å². The Hall–Kier alpha value is -2.48. The number of nitrogens with one attached hydrogen (secondary N) is 1. The van der Waals surface area contributed by atoms with Crippen LogP contribution in [0.15, 0.2) is 57.1 Å². The Morgan fingerprint density at radius 1 is 0.967 bits per heavy atom. The molecule has 0 saturated heterocycles. The molecular formula is C23H23N3O2S2. The third-order valence-corrected chi connectivity index (χ3v) is 8.90. The molecule has 5 rings (SSSR count). The van der Waals surface area contributed by atoms with E-state index < -0.39 is 15.9 Å². The molecule has 0 spiro atoms. The van der Waals surface area contributed by atoms with E-state index in [4.69, 9.17) is 5.14 Å². The first-order chi connectivity index (χ1) is 14.5. The van der Waals surface area contributed by atoms with Crippen LogP contribution in [-0.4, -0.2) is 10.2 Å². The summed E-state index contributed by atoms with van der Waals surface area (Å²) < 4.78 is 17.4. The van der Waals surface area contributed by atoms with E-state index >= 15 is 0 Å². The topological polar surface area (TPSA) is 84.6 Å². The number of nitrogens with two attached hydrogens (primary N) is 1. The van der Waals surface area contributed by atoms with Gasteiger partial charge in [0.25, 0.3) is 0 Å². The van der Waals surface area contributed by atoms with Crippen LogP contribution in [0.1, 0.15) is 35.1 Å². The van der Waals surface area contributed by atoms with Gasteiger partial charge in [0.1, 0.15) is 4.21 Å². The standard InChI is InChI=1S/C23H23N3O2S2/c24-30(28,21-13-12-20(29-21)15-6-2-1-3-7-15)26-23(27)25-22-18-10-4-8-16(18)14-17-9-5-11-19(17)22/h1-3,6-7,12-14H,4-5,8-11H2,(H3,24,25,26,27,28)/t30-/m1/s1. The van der Waals surface area contributed by atoms with Crippen LogP contribution in [0.4, 0.5) is 10.5 Å². The fourth-order valence-corrected chi connectivity index (χ4v) is 6.75. The summed E-state index contributed by atoms with van der Waals surface area (Å²) in [7, 11) is -3.31. The van der Waals surface area contributed by atoms with Gasteiger partial charge in [-0.05, 0) is 78.5 Å². The number of benzene rings is 2. The lowest BCUT2D eigenvalue weighted by Crippen LogP contribution is -2.18. The Kier molecular flexibility index (Phi) is 4.97. The molecule has 30 heavy (non-hydrogen) atoms. The quantitative estimate of drug-likeness (QED) is 0.581. The van der Waals surface area contributed by atoms with Crippen LogP contribution in [-0.2, 0) is 35.6 Å². The zero-order chi connectivity index (χ0) is 20.7. The zero-order valence-electron chi connectivity index (χ0n) is 16.5. The van der Waals surface area contributed by atoms with Crippen LogP contribution in [0.25, 0.3) is 10.4 Å². The SMILES string of the molecule is N[S@@](=O)(=NC(=O)Nc1c2c(cc3c1CCC3)CCC2)c1ccc(-c2ccccc2)s1. The van der Waals surface area contributed by atoms with Crippen molar-refractivity contribution in [1.29, 1.82) is 0 Å². The van der Waals surface area contributed by atoms with Crippen molar-refractivity contribution in [2.45, 2.75) is 42.7 Å². The molecule has 3 N–H and O–H groups in total. The highest BCUT2D eigenvalue weighted by Crippen LogP contribution is 2.39. The molecule has 3 aromatic rings. The molecule has 2 aromatic carbocycles. The number of anilines is 1. The van der Waals surface area contributed by atoms with Crippen molar-refractivity contribution >= 4 is 33.0 Å². The second-order valence-electron chi connectivity index (χ2n) is 7.81. The maximum atomic E-state index is 13.1. The number of rotatable bonds is 3. The number of carbonyl (C=O) groups excluding carboxylic acids is 1. The molecule has 1 aromatic heterocycles. The van der Waals surface area contributed by atoms with Crippen molar-refractivity contribution in [2.24, 2.45) is 9.50 Å². The van der Waals surface area contributed by atoms with Gasteiger partial charge >= 0.3 is 6.03 Å². The number of thiophene rings is 1. The highest BCUT2D eigenvalue weighted by molar-refractivity contribution is 7.93. The van der Waals surface area contributed by atoms with Gasteiger partial charge in [-0.3, -0.25) is 0 Å². The van der Waals surface area contributed by atoms with Gasteiger partial charge in [-0.25, -0.2) is 14.1 Å². The van der Waals surface area contributed by atoms with Crippen LogP contribution < -0.4 is 10.5 Å². The van der Waals surface area contributed by atoms with Crippen molar-refractivity contribution in [2.75, 3.05) is 5.32 Å². The lowest BCUT2D eigenvalue weighted by Gasteiger charge is -2.15. The van der Waals surface area contributed by atoms with E-state index in [-0.39, 0.29) is 0 Å². The molecule has 0 bridgehead atoms. The van der Waals surface area contributed by atoms with Gasteiger partial charge in [-0.15, -0.1) is 15.7 Å². The van der Waals surface area contributed by atoms with Crippen molar-refractivity contribution in [1.82, 2.24) is 0 Å². The van der Waals surface area contributed by atoms with Crippen LogP contribution in [0, 0.1) is 0 Å². The Morgan fingerprint density at radius 2 is 1.63 bits per heavy atom. The van der Waals surface area contributed by atoms with E-state index in [2.05, 4.69) is 15.7 Å². The lowest BCUT2D eigenvalue weighted by atomic mass is 9.99. The zero-order valence-corrected chi connectivity index (χ0v) is 18.2. The minimum atomic E-state index is -3.31. The third kappa shape index (κ3) is 3.57. The maximum Gasteiger partial charge on any atom is 0.354 e. The molecule has 2 amide bonds. The van der Waals surface area contributed by atoms with Gasteiger partial charge in [0, 0.05) is 10.6 Å². The molecule has 5 nitrogen and oxygen atoms in total. The normalized spacial score (nSPS) is 16.6. The monoisotopic (exact) mass is 437 g/mol. The van der Waals surface area contributed by atoms with E-state index in [0.717, 1.165) is 54.7 Å². The fourth-order valence-electron chi connectivity index (χ4n) is 4.50. The number of aryl methyl sites for hydroxylation is 2. The molecule has 1 heterocycles. The minimum Gasteiger partial charge on any atom is -0.305 e. The van der Waals surface area contributed by atoms with E-state index in [0.29, 0.717) is 4.21 Å². The first-order valence-electron chi connectivity index (χ1n) is 10.2. The van der Waals surface area contributed by atoms with Crippen LogP contribution in [0.3, 0.4) is 0 Å². The van der Waals surface area contributed by atoms with Gasteiger partial charge in [0.2, 0.25) is 0 Å². The van der Waals surface area contributed by atoms with Crippen molar-refractivity contribution in [3.8, 4) is 10.4 Å². The summed E-state index contributed by atoms with van der Waals surface area (Å²) in [6.45, 7) is 0. The minimum absolute atomic E-state index is 0.403. The molecule has 154 valence electrons. The summed E-state index contributed by atoms with van der Waals surface area (Å²) >= 11 is 1.31. The molecule has 2 aliphatic carbocycles. The summed E-state index contributed by atoms with van der Waals surface area (Å²) in [5, 5.41) is 8.97. The van der Waals surface area contributed by atoms with E-state index in [1.54, 1.807) is 6.07 Å². The number of hydrogen-bond donors (Lipinski definition) is 2. The van der Waals surface area contributed by atoms with E-state index in [9.17, 15) is 9.00 Å². The molecule has 1 atom stereocenters. The van der Waals surface area contributed by atoms with Crippen molar-refractivity contribution in [3.05, 3.63) is 70.8 Å². The number of carbonyl (C=O) groups is 1. The third-order valence-electron chi connectivity index (χ3n) is 5.85. The molecular weight excluding hydrogens is 414 g/mol. The summed E-state index contributed by atoms with van der Waals surface area (Å²) in [4.78, 5) is 13.7. The summed E-state index contributed by atoms with van der Waals surface area (Å²) in [5.41, 5.74) is 6.98. The Bertz CT molecular complexity index is 1220. The molecule has 0 fully saturated rings. The van der Waals surface area contributed by atoms with Crippen LogP contribution in [0.5, 0.6) is 0 Å².